The number of allylic oxidation sites excluding steroid dienone is 6. The van der Waals surface area contributed by atoms with E-state index in [1.807, 2.05) is 52.8 Å². The Kier molecular flexibility index (Phi) is 11.9. The summed E-state index contributed by atoms with van der Waals surface area (Å²) in [7, 11) is 1.30. The summed E-state index contributed by atoms with van der Waals surface area (Å²) < 4.78 is 17.1. The summed E-state index contributed by atoms with van der Waals surface area (Å²) in [5, 5.41) is 9.61. The maximum atomic E-state index is 14.0. The molecule has 10 nitrogen and oxygen atoms in total. The Balaban J connectivity index is 1.77. The summed E-state index contributed by atoms with van der Waals surface area (Å²) in [6.07, 6.45) is 13.0. The van der Waals surface area contributed by atoms with Crippen molar-refractivity contribution in [2.45, 2.75) is 104 Å². The minimum Gasteiger partial charge on any atom is -0.472 e. The van der Waals surface area contributed by atoms with Gasteiger partial charge in [0.1, 0.15) is 24.3 Å². The molecule has 2 amide bonds. The van der Waals surface area contributed by atoms with Crippen LogP contribution in [0.3, 0.4) is 0 Å². The molecule has 5 atom stereocenters. The topological polar surface area (TPSA) is 118 Å². The molecular formula is C33H50N4O6. The molecule has 1 saturated carbocycles. The van der Waals surface area contributed by atoms with Crippen LogP contribution in [0.15, 0.2) is 59.9 Å². The highest BCUT2D eigenvalue weighted by molar-refractivity contribution is 5.91. The van der Waals surface area contributed by atoms with Gasteiger partial charge in [-0.05, 0) is 51.4 Å². The van der Waals surface area contributed by atoms with Gasteiger partial charge in [-0.3, -0.25) is 4.79 Å². The van der Waals surface area contributed by atoms with Gasteiger partial charge >= 0.3 is 12.1 Å². The van der Waals surface area contributed by atoms with Crippen molar-refractivity contribution in [2.24, 2.45) is 11.3 Å². The number of carbonyl (C=O) groups is 3. The zero-order valence-electron chi connectivity index (χ0n) is 26.8. The monoisotopic (exact) mass is 598 g/mol. The summed E-state index contributed by atoms with van der Waals surface area (Å²) in [4.78, 5) is 41.3. The third kappa shape index (κ3) is 8.91. The van der Waals surface area contributed by atoms with Gasteiger partial charge in [0, 0.05) is 12.3 Å². The molecule has 0 spiro atoms. The number of ether oxygens (including phenoxy) is 3. The van der Waals surface area contributed by atoms with Crippen molar-refractivity contribution >= 4 is 18.0 Å². The standard InChI is InChI=1S/C33H50N4O6/c1-9-13-15-16-21-18-27(21)43-32(40)36-28(33(5,6)7)30(38)37-20-22(19-26(37)31(39)41-8)42-29-25(17-14-10-2)34-23(11-3)24(12-4)35-29/h10-13,15,21-22,26-28,34-35H,2,9,14,16-20H2,1,3-8H3,(H,36,40). The minimum atomic E-state index is -0.924. The van der Waals surface area contributed by atoms with Gasteiger partial charge in [-0.25, -0.2) is 9.59 Å². The average molecular weight is 599 g/mol. The fraction of sp³-hybridized carbons (Fsp3) is 0.606. The zero-order chi connectivity index (χ0) is 31.7. The molecule has 3 rings (SSSR count). The average Bonchev–Trinajstić information content (AvgIpc) is 3.56. The number of rotatable bonds is 12. The largest absolute Gasteiger partial charge is 0.472 e. The van der Waals surface area contributed by atoms with Crippen LogP contribution in [0, 0.1) is 11.3 Å². The lowest BCUT2D eigenvalue weighted by atomic mass is 9.85. The molecular weight excluding hydrogens is 548 g/mol. The first-order valence-electron chi connectivity index (χ1n) is 15.3. The lowest BCUT2D eigenvalue weighted by Crippen LogP contribution is -2.57. The Morgan fingerprint density at radius 3 is 2.42 bits per heavy atom. The number of likely N-dealkylation sites (tertiary alicyclic amines) is 1. The van der Waals surface area contributed by atoms with Gasteiger partial charge in [0.2, 0.25) is 11.8 Å². The van der Waals surface area contributed by atoms with E-state index >= 15 is 0 Å². The fourth-order valence-electron chi connectivity index (χ4n) is 5.34. The van der Waals surface area contributed by atoms with Crippen LogP contribution in [0.4, 0.5) is 4.79 Å². The van der Waals surface area contributed by atoms with E-state index in [4.69, 9.17) is 14.2 Å². The van der Waals surface area contributed by atoms with Crippen molar-refractivity contribution in [2.75, 3.05) is 13.7 Å². The predicted molar refractivity (Wildman–Crippen MR) is 166 cm³/mol. The number of carbonyl (C=O) groups excluding carboxylic acids is 3. The summed E-state index contributed by atoms with van der Waals surface area (Å²) in [5.74, 6) is -0.0648. The Labute approximate surface area is 256 Å². The summed E-state index contributed by atoms with van der Waals surface area (Å²) in [6, 6.07) is -1.78. The Hall–Kier alpha value is -3.69. The first-order valence-corrected chi connectivity index (χ1v) is 15.3. The number of hydrogen-bond donors (Lipinski definition) is 3. The van der Waals surface area contributed by atoms with Gasteiger partial charge in [0.15, 0.2) is 0 Å². The number of methoxy groups -OCH3 is 1. The third-order valence-corrected chi connectivity index (χ3v) is 7.91. The van der Waals surface area contributed by atoms with Crippen molar-refractivity contribution in [1.29, 1.82) is 0 Å². The van der Waals surface area contributed by atoms with Crippen molar-refractivity contribution in [3.63, 3.8) is 0 Å². The third-order valence-electron chi connectivity index (χ3n) is 7.91. The van der Waals surface area contributed by atoms with E-state index in [0.29, 0.717) is 18.2 Å². The van der Waals surface area contributed by atoms with Gasteiger partial charge in [-0.15, -0.1) is 6.58 Å². The smallest absolute Gasteiger partial charge is 0.408 e. The molecule has 0 aromatic carbocycles. The zero-order valence-corrected chi connectivity index (χ0v) is 26.8. The summed E-state index contributed by atoms with van der Waals surface area (Å²) >= 11 is 0. The molecule has 1 saturated heterocycles. The number of nitrogens with zero attached hydrogens (tertiary/aromatic N) is 1. The van der Waals surface area contributed by atoms with E-state index in [0.717, 1.165) is 42.8 Å². The lowest BCUT2D eigenvalue weighted by molar-refractivity contribution is -0.152. The quantitative estimate of drug-likeness (QED) is 0.208. The number of alkyl carbamates (subject to hydrolysis) is 1. The molecule has 0 aromatic heterocycles. The number of hydrogen-bond acceptors (Lipinski definition) is 8. The molecule has 2 heterocycles. The Morgan fingerprint density at radius 1 is 1.12 bits per heavy atom. The minimum absolute atomic E-state index is 0.151. The molecule has 2 fully saturated rings. The van der Waals surface area contributed by atoms with Crippen molar-refractivity contribution < 1.29 is 28.6 Å². The molecule has 238 valence electrons. The summed E-state index contributed by atoms with van der Waals surface area (Å²) in [6.45, 7) is 15.6. The van der Waals surface area contributed by atoms with Gasteiger partial charge in [0.05, 0.1) is 30.7 Å². The van der Waals surface area contributed by atoms with Crippen molar-refractivity contribution in [3.8, 4) is 0 Å². The second-order valence-corrected chi connectivity index (χ2v) is 12.3. The normalized spacial score (nSPS) is 26.2. The second-order valence-electron chi connectivity index (χ2n) is 12.3. The van der Waals surface area contributed by atoms with Gasteiger partial charge in [-0.1, -0.05) is 58.1 Å². The van der Waals surface area contributed by atoms with Crippen molar-refractivity contribution in [3.05, 3.63) is 59.9 Å². The molecule has 5 unspecified atom stereocenters. The van der Waals surface area contributed by atoms with E-state index in [1.54, 1.807) is 0 Å². The Bertz CT molecular complexity index is 1160. The molecule has 3 N–H and O–H groups in total. The van der Waals surface area contributed by atoms with Crippen LogP contribution >= 0.6 is 0 Å². The Morgan fingerprint density at radius 2 is 1.81 bits per heavy atom. The molecule has 3 aliphatic rings. The molecule has 2 aliphatic heterocycles. The van der Waals surface area contributed by atoms with Crippen LogP contribution in [0.5, 0.6) is 0 Å². The predicted octanol–water partition coefficient (Wildman–Crippen LogP) is 5.17. The van der Waals surface area contributed by atoms with E-state index in [9.17, 15) is 14.4 Å². The number of amides is 2. The van der Waals surface area contributed by atoms with Crippen LogP contribution in [0.25, 0.3) is 0 Å². The highest BCUT2D eigenvalue weighted by Gasteiger charge is 2.47. The number of nitrogens with one attached hydrogen (secondary N) is 3. The molecule has 1 aliphatic carbocycles. The van der Waals surface area contributed by atoms with E-state index in [-0.39, 0.29) is 25.0 Å². The first-order chi connectivity index (χ1) is 20.5. The van der Waals surface area contributed by atoms with Crippen LogP contribution in [-0.4, -0.2) is 60.8 Å². The fourth-order valence-corrected chi connectivity index (χ4v) is 5.34. The molecule has 10 heteroatoms. The summed E-state index contributed by atoms with van der Waals surface area (Å²) in [5.41, 5.74) is 2.01. The first kappa shape index (κ1) is 33.8. The second kappa shape index (κ2) is 15.2. The van der Waals surface area contributed by atoms with E-state index in [1.165, 1.54) is 12.0 Å². The van der Waals surface area contributed by atoms with Crippen molar-refractivity contribution in [1.82, 2.24) is 20.9 Å². The molecule has 43 heavy (non-hydrogen) atoms. The molecule has 0 aromatic rings. The number of esters is 1. The SMILES string of the molecule is C=CCCC1=C(OC2CC(C(=O)OC)N(C(=O)C(NC(=O)OC3CC3CC=CCC)C(C)(C)C)C2)NC(=CC)C(=CC)N1. The van der Waals surface area contributed by atoms with Crippen LogP contribution in [0.2, 0.25) is 0 Å². The highest BCUT2D eigenvalue weighted by Crippen LogP contribution is 2.37. The lowest BCUT2D eigenvalue weighted by Gasteiger charge is -2.34. The molecule has 0 bridgehead atoms. The van der Waals surface area contributed by atoms with Crippen LogP contribution in [0.1, 0.15) is 80.1 Å². The maximum absolute atomic E-state index is 14.0. The van der Waals surface area contributed by atoms with Gasteiger partial charge in [0.25, 0.3) is 0 Å². The van der Waals surface area contributed by atoms with E-state index < -0.39 is 35.7 Å². The van der Waals surface area contributed by atoms with Crippen LogP contribution in [-0.2, 0) is 23.8 Å². The van der Waals surface area contributed by atoms with Gasteiger partial charge in [-0.2, -0.15) is 0 Å². The van der Waals surface area contributed by atoms with E-state index in [2.05, 4.69) is 41.6 Å². The van der Waals surface area contributed by atoms with Crippen LogP contribution < -0.4 is 16.0 Å². The van der Waals surface area contributed by atoms with Gasteiger partial charge < -0.3 is 35.1 Å². The highest BCUT2D eigenvalue weighted by atomic mass is 16.6. The maximum Gasteiger partial charge on any atom is 0.408 e. The molecule has 0 radical (unpaired) electrons.